The number of esters is 1. The van der Waals surface area contributed by atoms with Gasteiger partial charge in [-0.25, -0.2) is 0 Å². The van der Waals surface area contributed by atoms with Crippen LogP contribution in [0, 0.1) is 0 Å². The Morgan fingerprint density at radius 2 is 1.65 bits per heavy atom. The van der Waals surface area contributed by atoms with E-state index in [2.05, 4.69) is 6.92 Å². The second-order valence-corrected chi connectivity index (χ2v) is 7.66. The van der Waals surface area contributed by atoms with Gasteiger partial charge in [-0.05, 0) is 58.7 Å². The number of carbonyl (C=O) groups excluding carboxylic acids is 1. The summed E-state index contributed by atoms with van der Waals surface area (Å²) < 4.78 is 23.2. The van der Waals surface area contributed by atoms with E-state index in [1.165, 1.54) is 0 Å². The lowest BCUT2D eigenvalue weighted by atomic mass is 9.66. The molecule has 0 aromatic heterocycles. The number of hydrogen-bond donors (Lipinski definition) is 0. The molecule has 1 unspecified atom stereocenters. The molecule has 1 aromatic carbocycles. The van der Waals surface area contributed by atoms with Gasteiger partial charge in [0.25, 0.3) is 0 Å². The second kappa shape index (κ2) is 8.44. The number of ether oxygens (including phenoxy) is 2. The van der Waals surface area contributed by atoms with Crippen molar-refractivity contribution in [3.8, 4) is 5.75 Å². The van der Waals surface area contributed by atoms with Crippen LogP contribution in [0.4, 0.5) is 0 Å². The molecule has 144 valence electrons. The fourth-order valence-electron chi connectivity index (χ4n) is 2.85. The van der Waals surface area contributed by atoms with E-state index < -0.39 is 18.3 Å². The summed E-state index contributed by atoms with van der Waals surface area (Å²) in [6.45, 7) is 13.0. The highest BCUT2D eigenvalue weighted by molar-refractivity contribution is 6.48. The third kappa shape index (κ3) is 4.80. The van der Waals surface area contributed by atoms with Crippen molar-refractivity contribution in [2.75, 3.05) is 13.2 Å². The van der Waals surface area contributed by atoms with Crippen molar-refractivity contribution in [1.82, 2.24) is 0 Å². The van der Waals surface area contributed by atoms with E-state index in [4.69, 9.17) is 18.8 Å². The molecule has 0 spiro atoms. The fraction of sp³-hybridized carbons (Fsp3) is 0.650. The van der Waals surface area contributed by atoms with Gasteiger partial charge in [0.15, 0.2) is 0 Å². The molecule has 1 aromatic rings. The Balaban J connectivity index is 2.23. The summed E-state index contributed by atoms with van der Waals surface area (Å²) in [6.07, 6.45) is 1.17. The van der Waals surface area contributed by atoms with Gasteiger partial charge in [-0.3, -0.25) is 4.79 Å². The maximum absolute atomic E-state index is 12.2. The summed E-state index contributed by atoms with van der Waals surface area (Å²) in [4.78, 5) is 12.2. The highest BCUT2D eigenvalue weighted by Crippen LogP contribution is 2.42. The van der Waals surface area contributed by atoms with Crippen LogP contribution in [0.1, 0.15) is 65.8 Å². The molecular formula is C20H31BO5. The van der Waals surface area contributed by atoms with Crippen molar-refractivity contribution >= 4 is 13.1 Å². The smallest absolute Gasteiger partial charge is 0.466 e. The molecule has 0 radical (unpaired) electrons. The standard InChI is InChI=1S/C20H31BO5/c1-7-13-24-16-11-9-15(10-12-16)17(14-18(22)23-8-2)21-25-19(3,4)20(5,6)26-21/h9-12,17H,7-8,13-14H2,1-6H3. The van der Waals surface area contributed by atoms with Crippen LogP contribution in [-0.4, -0.2) is 37.5 Å². The molecule has 1 aliphatic heterocycles. The molecule has 5 nitrogen and oxygen atoms in total. The number of rotatable bonds is 8. The molecule has 1 saturated heterocycles. The molecule has 0 saturated carbocycles. The Hall–Kier alpha value is -1.53. The minimum atomic E-state index is -0.508. The number of hydrogen-bond acceptors (Lipinski definition) is 5. The van der Waals surface area contributed by atoms with Crippen LogP contribution in [0.3, 0.4) is 0 Å². The third-order valence-electron chi connectivity index (χ3n) is 5.07. The van der Waals surface area contributed by atoms with Gasteiger partial charge in [0.2, 0.25) is 0 Å². The molecule has 0 amide bonds. The molecular weight excluding hydrogens is 331 g/mol. The van der Waals surface area contributed by atoms with Crippen molar-refractivity contribution in [3.05, 3.63) is 29.8 Å². The zero-order valence-corrected chi connectivity index (χ0v) is 16.8. The lowest BCUT2D eigenvalue weighted by molar-refractivity contribution is -0.143. The van der Waals surface area contributed by atoms with Gasteiger partial charge >= 0.3 is 13.1 Å². The third-order valence-corrected chi connectivity index (χ3v) is 5.07. The molecule has 1 heterocycles. The average Bonchev–Trinajstić information content (AvgIpc) is 2.79. The van der Waals surface area contributed by atoms with Gasteiger partial charge in [-0.15, -0.1) is 0 Å². The van der Waals surface area contributed by atoms with Crippen molar-refractivity contribution in [1.29, 1.82) is 0 Å². The van der Waals surface area contributed by atoms with Crippen molar-refractivity contribution in [2.24, 2.45) is 0 Å². The Morgan fingerprint density at radius 3 is 2.15 bits per heavy atom. The van der Waals surface area contributed by atoms with Crippen LogP contribution in [0.2, 0.25) is 0 Å². The van der Waals surface area contributed by atoms with Crippen LogP contribution >= 0.6 is 0 Å². The Labute approximate surface area is 157 Å². The summed E-state index contributed by atoms with van der Waals surface area (Å²) in [7, 11) is -0.508. The first-order valence-corrected chi connectivity index (χ1v) is 9.44. The van der Waals surface area contributed by atoms with Gasteiger partial charge in [-0.1, -0.05) is 19.1 Å². The van der Waals surface area contributed by atoms with E-state index in [9.17, 15) is 4.79 Å². The molecule has 26 heavy (non-hydrogen) atoms. The van der Waals surface area contributed by atoms with E-state index in [-0.39, 0.29) is 18.2 Å². The molecule has 0 N–H and O–H groups in total. The van der Waals surface area contributed by atoms with Crippen LogP contribution < -0.4 is 4.74 Å². The number of carbonyl (C=O) groups is 1. The highest BCUT2D eigenvalue weighted by Gasteiger charge is 2.54. The Bertz CT molecular complexity index is 581. The maximum Gasteiger partial charge on any atom is 0.466 e. The predicted octanol–water partition coefficient (Wildman–Crippen LogP) is 4.14. The molecule has 1 aliphatic rings. The molecule has 6 heteroatoms. The largest absolute Gasteiger partial charge is 0.494 e. The molecule has 0 bridgehead atoms. The highest BCUT2D eigenvalue weighted by atomic mass is 16.7. The molecule has 1 atom stereocenters. The van der Waals surface area contributed by atoms with E-state index in [1.807, 2.05) is 58.9 Å². The lowest BCUT2D eigenvalue weighted by Crippen LogP contribution is -2.41. The first-order valence-electron chi connectivity index (χ1n) is 9.44. The molecule has 0 aliphatic carbocycles. The monoisotopic (exact) mass is 362 g/mol. The van der Waals surface area contributed by atoms with Crippen LogP contribution in [-0.2, 0) is 18.8 Å². The number of benzene rings is 1. The zero-order valence-electron chi connectivity index (χ0n) is 16.8. The Morgan fingerprint density at radius 1 is 1.08 bits per heavy atom. The summed E-state index contributed by atoms with van der Waals surface area (Å²) >= 11 is 0. The topological polar surface area (TPSA) is 54.0 Å². The molecule has 1 fully saturated rings. The normalized spacial score (nSPS) is 19.2. The summed E-state index contributed by atoms with van der Waals surface area (Å²) in [5.74, 6) is 0.327. The van der Waals surface area contributed by atoms with E-state index in [0.717, 1.165) is 17.7 Å². The second-order valence-electron chi connectivity index (χ2n) is 7.66. The van der Waals surface area contributed by atoms with Gasteiger partial charge in [-0.2, -0.15) is 0 Å². The van der Waals surface area contributed by atoms with E-state index >= 15 is 0 Å². The quantitative estimate of drug-likeness (QED) is 0.514. The average molecular weight is 362 g/mol. The summed E-state index contributed by atoms with van der Waals surface area (Å²) in [6, 6.07) is 7.79. The summed E-state index contributed by atoms with van der Waals surface area (Å²) in [5, 5.41) is 0. The minimum absolute atomic E-state index is 0.208. The minimum Gasteiger partial charge on any atom is -0.494 e. The summed E-state index contributed by atoms with van der Waals surface area (Å²) in [5.41, 5.74) is 0.0733. The predicted molar refractivity (Wildman–Crippen MR) is 102 cm³/mol. The van der Waals surface area contributed by atoms with Crippen molar-refractivity contribution in [2.45, 2.75) is 71.4 Å². The van der Waals surface area contributed by atoms with Gasteiger partial charge < -0.3 is 18.8 Å². The SMILES string of the molecule is CCCOc1ccc(C(CC(=O)OCC)B2OC(C)(C)C(C)(C)O2)cc1. The van der Waals surface area contributed by atoms with E-state index in [1.54, 1.807) is 0 Å². The van der Waals surface area contributed by atoms with Crippen LogP contribution in [0.15, 0.2) is 24.3 Å². The van der Waals surface area contributed by atoms with E-state index in [0.29, 0.717) is 13.2 Å². The first-order chi connectivity index (χ1) is 12.2. The first kappa shape index (κ1) is 20.8. The van der Waals surface area contributed by atoms with Crippen LogP contribution in [0.5, 0.6) is 5.75 Å². The van der Waals surface area contributed by atoms with Crippen molar-refractivity contribution in [3.63, 3.8) is 0 Å². The van der Waals surface area contributed by atoms with Crippen molar-refractivity contribution < 1.29 is 23.6 Å². The fourth-order valence-corrected chi connectivity index (χ4v) is 2.85. The Kier molecular flexibility index (Phi) is 6.75. The van der Waals surface area contributed by atoms with Crippen LogP contribution in [0.25, 0.3) is 0 Å². The molecule has 2 rings (SSSR count). The maximum atomic E-state index is 12.2. The lowest BCUT2D eigenvalue weighted by Gasteiger charge is -2.32. The zero-order chi connectivity index (χ0) is 19.4. The van der Waals surface area contributed by atoms with Gasteiger partial charge in [0, 0.05) is 5.82 Å². The van der Waals surface area contributed by atoms with Gasteiger partial charge in [0.05, 0.1) is 30.8 Å². The van der Waals surface area contributed by atoms with Gasteiger partial charge in [0.1, 0.15) is 5.75 Å².